The average molecular weight is 345 g/mol. The van der Waals surface area contributed by atoms with Crippen LogP contribution in [0.15, 0.2) is 22.7 Å². The summed E-state index contributed by atoms with van der Waals surface area (Å²) in [6, 6.07) is 4.11. The van der Waals surface area contributed by atoms with Crippen LogP contribution in [0.25, 0.3) is 0 Å². The third-order valence-electron chi connectivity index (χ3n) is 3.54. The summed E-state index contributed by atoms with van der Waals surface area (Å²) in [6.07, 6.45) is 3.23. The van der Waals surface area contributed by atoms with Crippen molar-refractivity contribution in [3.05, 3.63) is 28.5 Å². The molecule has 1 aliphatic carbocycles. The van der Waals surface area contributed by atoms with E-state index in [4.69, 9.17) is 18.0 Å². The van der Waals surface area contributed by atoms with Gasteiger partial charge in [-0.05, 0) is 47.0 Å². The molecule has 102 valence electrons. The van der Waals surface area contributed by atoms with E-state index in [9.17, 15) is 9.18 Å². The smallest absolute Gasteiger partial charge is 0.237 e. The molecule has 0 aromatic heterocycles. The standard InChI is InChI=1S/C13H14BrFN2OS/c14-9-7-8(15)3-4-10(9)17-12(18)13(11(16)19)5-1-2-6-13/h3-4,7H,1-2,5-6H2,(H2,16,19)(H,17,18). The molecule has 19 heavy (non-hydrogen) atoms. The van der Waals surface area contributed by atoms with Crippen LogP contribution < -0.4 is 11.1 Å². The van der Waals surface area contributed by atoms with E-state index < -0.39 is 5.41 Å². The third-order valence-corrected chi connectivity index (χ3v) is 4.59. The van der Waals surface area contributed by atoms with Gasteiger partial charge in [0.25, 0.3) is 0 Å². The highest BCUT2D eigenvalue weighted by Gasteiger charge is 2.44. The van der Waals surface area contributed by atoms with E-state index in [0.717, 1.165) is 12.8 Å². The molecule has 1 saturated carbocycles. The van der Waals surface area contributed by atoms with Crippen LogP contribution >= 0.6 is 28.1 Å². The molecule has 0 spiro atoms. The Labute approximate surface area is 124 Å². The van der Waals surface area contributed by atoms with E-state index in [0.29, 0.717) is 23.0 Å². The summed E-state index contributed by atoms with van der Waals surface area (Å²) in [5.74, 6) is -0.570. The van der Waals surface area contributed by atoms with Crippen LogP contribution in [-0.2, 0) is 4.79 Å². The fraction of sp³-hybridized carbons (Fsp3) is 0.385. The molecule has 0 atom stereocenters. The highest BCUT2D eigenvalue weighted by atomic mass is 79.9. The Kier molecular flexibility index (Phi) is 4.20. The van der Waals surface area contributed by atoms with E-state index in [-0.39, 0.29) is 16.7 Å². The SMILES string of the molecule is NC(=S)C1(C(=O)Nc2ccc(F)cc2Br)CCCC1. The summed E-state index contributed by atoms with van der Waals surface area (Å²) in [6.45, 7) is 0. The highest BCUT2D eigenvalue weighted by Crippen LogP contribution is 2.40. The van der Waals surface area contributed by atoms with Gasteiger partial charge in [-0.15, -0.1) is 0 Å². The molecule has 0 radical (unpaired) electrons. The van der Waals surface area contributed by atoms with Crippen molar-refractivity contribution in [1.29, 1.82) is 0 Å². The highest BCUT2D eigenvalue weighted by molar-refractivity contribution is 9.10. The van der Waals surface area contributed by atoms with Gasteiger partial charge in [-0.1, -0.05) is 25.1 Å². The first-order chi connectivity index (χ1) is 8.95. The van der Waals surface area contributed by atoms with E-state index >= 15 is 0 Å². The summed E-state index contributed by atoms with van der Waals surface area (Å²) < 4.78 is 13.5. The zero-order valence-corrected chi connectivity index (χ0v) is 12.6. The van der Waals surface area contributed by atoms with Gasteiger partial charge in [0.15, 0.2) is 0 Å². The number of nitrogens with two attached hydrogens (primary N) is 1. The largest absolute Gasteiger partial charge is 0.392 e. The second kappa shape index (κ2) is 5.54. The number of thiocarbonyl (C=S) groups is 1. The van der Waals surface area contributed by atoms with E-state index in [1.807, 2.05) is 0 Å². The molecule has 1 fully saturated rings. The molecule has 1 aromatic rings. The van der Waals surface area contributed by atoms with Crippen LogP contribution in [-0.4, -0.2) is 10.9 Å². The second-order valence-corrected chi connectivity index (χ2v) is 6.03. The minimum atomic E-state index is -0.761. The predicted molar refractivity (Wildman–Crippen MR) is 80.4 cm³/mol. The van der Waals surface area contributed by atoms with Crippen LogP contribution in [0.4, 0.5) is 10.1 Å². The van der Waals surface area contributed by atoms with Crippen molar-refractivity contribution in [2.75, 3.05) is 5.32 Å². The minimum Gasteiger partial charge on any atom is -0.392 e. The number of hydrogen-bond donors (Lipinski definition) is 2. The van der Waals surface area contributed by atoms with Crippen LogP contribution in [0, 0.1) is 11.2 Å². The van der Waals surface area contributed by atoms with E-state index in [1.54, 1.807) is 0 Å². The summed E-state index contributed by atoms with van der Waals surface area (Å²) in [5.41, 5.74) is 5.51. The van der Waals surface area contributed by atoms with Crippen molar-refractivity contribution in [1.82, 2.24) is 0 Å². The topological polar surface area (TPSA) is 55.1 Å². The lowest BCUT2D eigenvalue weighted by atomic mass is 9.85. The lowest BCUT2D eigenvalue weighted by molar-refractivity contribution is -0.122. The van der Waals surface area contributed by atoms with Gasteiger partial charge in [-0.2, -0.15) is 0 Å². The molecule has 0 aliphatic heterocycles. The van der Waals surface area contributed by atoms with Gasteiger partial charge in [-0.3, -0.25) is 4.79 Å². The number of halogens is 2. The first-order valence-corrected chi connectivity index (χ1v) is 7.22. The first kappa shape index (κ1) is 14.4. The van der Waals surface area contributed by atoms with Crippen molar-refractivity contribution in [3.8, 4) is 0 Å². The molecular formula is C13H14BrFN2OS. The van der Waals surface area contributed by atoms with Gasteiger partial charge in [0.05, 0.1) is 16.1 Å². The second-order valence-electron chi connectivity index (χ2n) is 4.73. The fourth-order valence-corrected chi connectivity index (χ4v) is 3.14. The monoisotopic (exact) mass is 344 g/mol. The van der Waals surface area contributed by atoms with Gasteiger partial charge in [0, 0.05) is 4.47 Å². The number of benzene rings is 1. The van der Waals surface area contributed by atoms with Crippen molar-refractivity contribution in [2.24, 2.45) is 11.1 Å². The molecule has 0 saturated heterocycles. The third kappa shape index (κ3) is 2.79. The van der Waals surface area contributed by atoms with Crippen LogP contribution in [0.1, 0.15) is 25.7 Å². The van der Waals surface area contributed by atoms with Gasteiger partial charge in [0.2, 0.25) is 5.91 Å². The Balaban J connectivity index is 2.22. The molecule has 1 aliphatic rings. The number of amides is 1. The maximum absolute atomic E-state index is 13.0. The molecule has 2 rings (SSSR count). The normalized spacial score (nSPS) is 17.2. The number of anilines is 1. The lowest BCUT2D eigenvalue weighted by Crippen LogP contribution is -2.44. The van der Waals surface area contributed by atoms with Crippen molar-refractivity contribution >= 4 is 44.7 Å². The molecular weight excluding hydrogens is 331 g/mol. The molecule has 0 unspecified atom stereocenters. The Morgan fingerprint density at radius 1 is 1.42 bits per heavy atom. The zero-order valence-electron chi connectivity index (χ0n) is 10.2. The maximum Gasteiger partial charge on any atom is 0.237 e. The van der Waals surface area contributed by atoms with Gasteiger partial charge >= 0.3 is 0 Å². The van der Waals surface area contributed by atoms with Crippen molar-refractivity contribution in [3.63, 3.8) is 0 Å². The summed E-state index contributed by atoms with van der Waals surface area (Å²) in [5, 5.41) is 2.78. The van der Waals surface area contributed by atoms with Crippen LogP contribution in [0.5, 0.6) is 0 Å². The van der Waals surface area contributed by atoms with Crippen LogP contribution in [0.2, 0.25) is 0 Å². The molecule has 0 bridgehead atoms. The predicted octanol–water partition coefficient (Wildman–Crippen LogP) is 3.37. The summed E-state index contributed by atoms with van der Waals surface area (Å²) >= 11 is 8.28. The fourth-order valence-electron chi connectivity index (χ4n) is 2.40. The summed E-state index contributed by atoms with van der Waals surface area (Å²) in [4.78, 5) is 12.7. The van der Waals surface area contributed by atoms with Gasteiger partial charge in [0.1, 0.15) is 5.82 Å². The Hall–Kier alpha value is -1.01. The molecule has 3 nitrogen and oxygen atoms in total. The first-order valence-electron chi connectivity index (χ1n) is 6.02. The molecule has 0 heterocycles. The van der Waals surface area contributed by atoms with Crippen molar-refractivity contribution in [2.45, 2.75) is 25.7 Å². The number of carbonyl (C=O) groups is 1. The number of nitrogens with one attached hydrogen (secondary N) is 1. The van der Waals surface area contributed by atoms with Gasteiger partial charge < -0.3 is 11.1 Å². The average Bonchev–Trinajstić information content (AvgIpc) is 2.83. The quantitative estimate of drug-likeness (QED) is 0.826. The molecule has 3 N–H and O–H groups in total. The Morgan fingerprint density at radius 3 is 2.58 bits per heavy atom. The Bertz CT molecular complexity index is 529. The van der Waals surface area contributed by atoms with Crippen molar-refractivity contribution < 1.29 is 9.18 Å². The number of hydrogen-bond acceptors (Lipinski definition) is 2. The maximum atomic E-state index is 13.0. The Morgan fingerprint density at radius 2 is 2.05 bits per heavy atom. The molecule has 1 amide bonds. The molecule has 6 heteroatoms. The van der Waals surface area contributed by atoms with E-state index in [2.05, 4.69) is 21.2 Å². The van der Waals surface area contributed by atoms with Crippen LogP contribution in [0.3, 0.4) is 0 Å². The number of carbonyl (C=O) groups excluding carboxylic acids is 1. The lowest BCUT2D eigenvalue weighted by Gasteiger charge is -2.26. The van der Waals surface area contributed by atoms with Gasteiger partial charge in [-0.25, -0.2) is 4.39 Å². The zero-order chi connectivity index (χ0) is 14.0. The number of rotatable bonds is 3. The summed E-state index contributed by atoms with van der Waals surface area (Å²) in [7, 11) is 0. The van der Waals surface area contributed by atoms with E-state index in [1.165, 1.54) is 18.2 Å². The minimum absolute atomic E-state index is 0.204. The molecule has 1 aromatic carbocycles.